The van der Waals surface area contributed by atoms with Crippen LogP contribution in [0.15, 0.2) is 45.7 Å². The molecule has 1 saturated heterocycles. The topological polar surface area (TPSA) is 33.5 Å². The molecule has 0 spiro atoms. The van der Waals surface area contributed by atoms with Gasteiger partial charge in [0.25, 0.3) is 5.91 Å². The van der Waals surface area contributed by atoms with Gasteiger partial charge in [-0.1, -0.05) is 49.4 Å². The fraction of sp³-hybridized carbons (Fsp3) is 0.222. The van der Waals surface area contributed by atoms with Gasteiger partial charge in [0.1, 0.15) is 15.8 Å². The van der Waals surface area contributed by atoms with Gasteiger partial charge in [0.2, 0.25) is 0 Å². The molecule has 24 heavy (non-hydrogen) atoms. The van der Waals surface area contributed by atoms with E-state index in [0.29, 0.717) is 32.5 Å². The molecule has 2 heterocycles. The van der Waals surface area contributed by atoms with Crippen molar-refractivity contribution in [2.75, 3.05) is 6.54 Å². The minimum Gasteiger partial charge on any atom is -0.457 e. The van der Waals surface area contributed by atoms with E-state index in [-0.39, 0.29) is 5.91 Å². The summed E-state index contributed by atoms with van der Waals surface area (Å²) in [5.41, 5.74) is 0.936. The summed E-state index contributed by atoms with van der Waals surface area (Å²) in [5.74, 6) is 1.68. The predicted molar refractivity (Wildman–Crippen MR) is 104 cm³/mol. The molecule has 3 rings (SSSR count). The van der Waals surface area contributed by atoms with E-state index in [9.17, 15) is 4.79 Å². The number of benzene rings is 1. The monoisotopic (exact) mass is 377 g/mol. The van der Waals surface area contributed by atoms with E-state index in [4.69, 9.17) is 28.2 Å². The summed E-state index contributed by atoms with van der Waals surface area (Å²) in [6.45, 7) is 4.76. The van der Waals surface area contributed by atoms with Crippen LogP contribution in [0.4, 0.5) is 0 Å². The van der Waals surface area contributed by atoms with Gasteiger partial charge < -0.3 is 4.42 Å². The Morgan fingerprint density at radius 2 is 1.96 bits per heavy atom. The number of thiocarbonyl (C=S) groups is 1. The Kier molecular flexibility index (Phi) is 5.13. The smallest absolute Gasteiger partial charge is 0.266 e. The standard InChI is InChI=1S/C18H16ClNO2S2/c1-11(2)10-20-17(21)16(24-18(20)23)9-14-7-8-15(22-14)12-3-5-13(19)6-4-12/h3-9,11H,10H2,1-2H3/b16-9-. The third-order valence-corrected chi connectivity index (χ3v) is 5.08. The second kappa shape index (κ2) is 7.13. The Morgan fingerprint density at radius 3 is 2.62 bits per heavy atom. The molecule has 0 atom stereocenters. The first-order valence-electron chi connectivity index (χ1n) is 7.55. The van der Waals surface area contributed by atoms with Crippen LogP contribution < -0.4 is 0 Å². The van der Waals surface area contributed by atoms with Crippen LogP contribution in [0, 0.1) is 5.92 Å². The lowest BCUT2D eigenvalue weighted by Crippen LogP contribution is -2.31. The SMILES string of the molecule is CC(C)CN1C(=O)/C(=C/c2ccc(-c3ccc(Cl)cc3)o2)SC1=S. The number of hydrogen-bond donors (Lipinski definition) is 0. The maximum Gasteiger partial charge on any atom is 0.266 e. The lowest BCUT2D eigenvalue weighted by Gasteiger charge is -2.16. The van der Waals surface area contributed by atoms with Crippen LogP contribution in [0.2, 0.25) is 5.02 Å². The lowest BCUT2D eigenvalue weighted by atomic mass is 10.2. The van der Waals surface area contributed by atoms with Gasteiger partial charge in [-0.15, -0.1) is 0 Å². The number of halogens is 1. The highest BCUT2D eigenvalue weighted by molar-refractivity contribution is 8.26. The maximum atomic E-state index is 12.5. The largest absolute Gasteiger partial charge is 0.457 e. The molecule has 0 aliphatic carbocycles. The zero-order chi connectivity index (χ0) is 17.3. The summed E-state index contributed by atoms with van der Waals surface area (Å²) in [5, 5.41) is 0.680. The van der Waals surface area contributed by atoms with Crippen molar-refractivity contribution in [3.8, 4) is 11.3 Å². The van der Waals surface area contributed by atoms with E-state index in [0.717, 1.165) is 11.3 Å². The van der Waals surface area contributed by atoms with E-state index in [1.54, 1.807) is 11.0 Å². The van der Waals surface area contributed by atoms with E-state index in [2.05, 4.69) is 13.8 Å². The van der Waals surface area contributed by atoms with Gasteiger partial charge in [0, 0.05) is 23.2 Å². The molecule has 1 aromatic carbocycles. The molecule has 1 fully saturated rings. The molecule has 1 aliphatic heterocycles. The van der Waals surface area contributed by atoms with Gasteiger partial charge in [-0.05, 0) is 42.3 Å². The van der Waals surface area contributed by atoms with Crippen LogP contribution in [0.5, 0.6) is 0 Å². The Morgan fingerprint density at radius 1 is 1.25 bits per heavy atom. The van der Waals surface area contributed by atoms with Crippen molar-refractivity contribution in [3.63, 3.8) is 0 Å². The molecule has 2 aromatic rings. The van der Waals surface area contributed by atoms with Gasteiger partial charge in [-0.25, -0.2) is 0 Å². The number of nitrogens with zero attached hydrogens (tertiary/aromatic N) is 1. The van der Waals surface area contributed by atoms with Crippen molar-refractivity contribution in [2.45, 2.75) is 13.8 Å². The normalized spacial score (nSPS) is 16.7. The van der Waals surface area contributed by atoms with Crippen molar-refractivity contribution in [1.29, 1.82) is 0 Å². The Labute approximate surface area is 155 Å². The number of carbonyl (C=O) groups is 1. The molecule has 0 saturated carbocycles. The Hall–Kier alpha value is -1.56. The zero-order valence-corrected chi connectivity index (χ0v) is 15.7. The van der Waals surface area contributed by atoms with Gasteiger partial charge in [0.05, 0.1) is 4.91 Å². The number of amides is 1. The third-order valence-electron chi connectivity index (χ3n) is 3.45. The summed E-state index contributed by atoms with van der Waals surface area (Å²) in [4.78, 5) is 14.7. The minimum atomic E-state index is -0.0526. The number of carbonyl (C=O) groups excluding carboxylic acids is 1. The van der Waals surface area contributed by atoms with Crippen molar-refractivity contribution in [1.82, 2.24) is 4.90 Å². The summed E-state index contributed by atoms with van der Waals surface area (Å²) >= 11 is 12.5. The van der Waals surface area contributed by atoms with E-state index >= 15 is 0 Å². The zero-order valence-electron chi connectivity index (χ0n) is 13.3. The Balaban J connectivity index is 1.81. The summed E-state index contributed by atoms with van der Waals surface area (Å²) in [6.07, 6.45) is 1.75. The molecule has 0 N–H and O–H groups in total. The maximum absolute atomic E-state index is 12.5. The quantitative estimate of drug-likeness (QED) is 0.523. The molecule has 6 heteroatoms. The molecule has 1 aliphatic rings. The molecular weight excluding hydrogens is 362 g/mol. The molecule has 0 unspecified atom stereocenters. The lowest BCUT2D eigenvalue weighted by molar-refractivity contribution is -0.122. The number of furan rings is 1. The van der Waals surface area contributed by atoms with E-state index in [1.165, 1.54) is 11.8 Å². The van der Waals surface area contributed by atoms with Crippen LogP contribution >= 0.6 is 35.6 Å². The van der Waals surface area contributed by atoms with Crippen LogP contribution in [0.25, 0.3) is 17.4 Å². The van der Waals surface area contributed by atoms with Crippen molar-refractivity contribution < 1.29 is 9.21 Å². The number of hydrogen-bond acceptors (Lipinski definition) is 4. The van der Waals surface area contributed by atoms with Crippen molar-refractivity contribution >= 4 is 51.9 Å². The summed E-state index contributed by atoms with van der Waals surface area (Å²) in [6, 6.07) is 11.1. The first kappa shape index (κ1) is 17.3. The molecule has 124 valence electrons. The van der Waals surface area contributed by atoms with Crippen molar-refractivity contribution in [2.24, 2.45) is 5.92 Å². The highest BCUT2D eigenvalue weighted by Crippen LogP contribution is 2.34. The second-order valence-electron chi connectivity index (χ2n) is 5.90. The minimum absolute atomic E-state index is 0.0526. The van der Waals surface area contributed by atoms with Gasteiger partial charge in [0.15, 0.2) is 0 Å². The third kappa shape index (κ3) is 3.74. The highest BCUT2D eigenvalue weighted by atomic mass is 35.5. The number of rotatable bonds is 4. The first-order chi connectivity index (χ1) is 11.4. The van der Waals surface area contributed by atoms with Gasteiger partial charge in [-0.3, -0.25) is 9.69 Å². The average Bonchev–Trinajstić information content (AvgIpc) is 3.09. The van der Waals surface area contributed by atoms with Gasteiger partial charge >= 0.3 is 0 Å². The summed E-state index contributed by atoms with van der Waals surface area (Å²) in [7, 11) is 0. The molecule has 1 amide bonds. The number of thioether (sulfide) groups is 1. The van der Waals surface area contributed by atoms with Gasteiger partial charge in [-0.2, -0.15) is 0 Å². The van der Waals surface area contributed by atoms with Crippen molar-refractivity contribution in [3.05, 3.63) is 52.1 Å². The van der Waals surface area contributed by atoms with E-state index < -0.39 is 0 Å². The van der Waals surface area contributed by atoms with Crippen LogP contribution in [0.1, 0.15) is 19.6 Å². The average molecular weight is 378 g/mol. The summed E-state index contributed by atoms with van der Waals surface area (Å²) < 4.78 is 6.43. The molecule has 1 aromatic heterocycles. The molecule has 3 nitrogen and oxygen atoms in total. The fourth-order valence-corrected chi connectivity index (χ4v) is 3.73. The second-order valence-corrected chi connectivity index (χ2v) is 8.01. The first-order valence-corrected chi connectivity index (χ1v) is 9.15. The predicted octanol–water partition coefficient (Wildman–Crippen LogP) is 5.46. The Bertz CT molecular complexity index is 809. The molecule has 0 bridgehead atoms. The van der Waals surface area contributed by atoms with Crippen LogP contribution in [-0.2, 0) is 4.79 Å². The van der Waals surface area contributed by atoms with E-state index in [1.807, 2.05) is 36.4 Å². The van der Waals surface area contributed by atoms with Crippen LogP contribution in [0.3, 0.4) is 0 Å². The molecular formula is C18H16ClNO2S2. The molecule has 0 radical (unpaired) electrons. The fourth-order valence-electron chi connectivity index (χ4n) is 2.35. The van der Waals surface area contributed by atoms with Crippen LogP contribution in [-0.4, -0.2) is 21.7 Å². The highest BCUT2D eigenvalue weighted by Gasteiger charge is 2.32.